The first-order valence-corrected chi connectivity index (χ1v) is 10.9. The third-order valence-electron chi connectivity index (χ3n) is 5.45. The van der Waals surface area contributed by atoms with Gasteiger partial charge in [-0.25, -0.2) is 4.79 Å². The first kappa shape index (κ1) is 21.0. The molecule has 3 aromatic carbocycles. The van der Waals surface area contributed by atoms with Crippen LogP contribution in [0.4, 0.5) is 16.4 Å². The predicted molar refractivity (Wildman–Crippen MR) is 129 cm³/mol. The number of amides is 2. The lowest BCUT2D eigenvalue weighted by Crippen LogP contribution is -2.21. The minimum absolute atomic E-state index is 0.348. The number of urea groups is 1. The lowest BCUT2D eigenvalue weighted by Gasteiger charge is -2.15. The molecule has 1 heterocycles. The Morgan fingerprint density at radius 1 is 0.935 bits per heavy atom. The highest BCUT2D eigenvalue weighted by molar-refractivity contribution is 6.34. The van der Waals surface area contributed by atoms with E-state index in [1.807, 2.05) is 67.6 Å². The Morgan fingerprint density at radius 3 is 2.32 bits per heavy atom. The topological polar surface area (TPSA) is 54.3 Å². The van der Waals surface area contributed by atoms with Crippen LogP contribution in [0.1, 0.15) is 30.5 Å². The highest BCUT2D eigenvalue weighted by atomic mass is 35.5. The van der Waals surface area contributed by atoms with Gasteiger partial charge in [0.15, 0.2) is 0 Å². The van der Waals surface area contributed by atoms with E-state index in [0.29, 0.717) is 16.5 Å². The molecule has 0 fully saturated rings. The Bertz CT molecular complexity index is 1240. The highest BCUT2D eigenvalue weighted by Gasteiger charge is 2.21. The molecule has 158 valence electrons. The summed E-state index contributed by atoms with van der Waals surface area (Å²) in [4.78, 5) is 13.0. The summed E-state index contributed by atoms with van der Waals surface area (Å²) in [6.07, 6.45) is 1.66. The van der Waals surface area contributed by atoms with Crippen LogP contribution in [0.3, 0.4) is 0 Å². The summed E-state index contributed by atoms with van der Waals surface area (Å²) < 4.78 is 6.05. The largest absolute Gasteiger partial charge is 0.440 e. The second-order valence-electron chi connectivity index (χ2n) is 7.52. The van der Waals surface area contributed by atoms with Gasteiger partial charge in [-0.15, -0.1) is 0 Å². The number of benzene rings is 3. The molecule has 31 heavy (non-hydrogen) atoms. The van der Waals surface area contributed by atoms with Crippen molar-refractivity contribution in [2.24, 2.45) is 0 Å². The van der Waals surface area contributed by atoms with Crippen LogP contribution in [-0.4, -0.2) is 6.03 Å². The Kier molecular flexibility index (Phi) is 6.01. The number of carbonyl (C=O) groups excluding carboxylic acids is 1. The van der Waals surface area contributed by atoms with Crippen molar-refractivity contribution in [2.45, 2.75) is 33.6 Å². The van der Waals surface area contributed by atoms with Gasteiger partial charge >= 0.3 is 6.03 Å². The second kappa shape index (κ2) is 8.86. The molecular weight excluding hydrogens is 408 g/mol. The van der Waals surface area contributed by atoms with Gasteiger partial charge in [-0.1, -0.05) is 73.5 Å². The lowest BCUT2D eigenvalue weighted by molar-refractivity contribution is 0.261. The number of aryl methyl sites for hydroxylation is 3. The van der Waals surface area contributed by atoms with Crippen molar-refractivity contribution in [1.29, 1.82) is 0 Å². The third kappa shape index (κ3) is 4.17. The molecule has 0 bridgehead atoms. The maximum atomic E-state index is 13.0. The van der Waals surface area contributed by atoms with Gasteiger partial charge in [0.2, 0.25) is 5.88 Å². The molecule has 5 heteroatoms. The van der Waals surface area contributed by atoms with Crippen LogP contribution in [0.15, 0.2) is 65.1 Å². The van der Waals surface area contributed by atoms with Gasteiger partial charge in [-0.3, -0.25) is 5.32 Å². The first-order chi connectivity index (χ1) is 15.0. The first-order valence-electron chi connectivity index (χ1n) is 10.5. The van der Waals surface area contributed by atoms with E-state index in [4.69, 9.17) is 16.0 Å². The number of hydrogen-bond acceptors (Lipinski definition) is 2. The number of hydrogen-bond donors (Lipinski definition) is 2. The Balaban J connectivity index is 1.75. The molecule has 0 aliphatic heterocycles. The van der Waals surface area contributed by atoms with E-state index >= 15 is 0 Å². The summed E-state index contributed by atoms with van der Waals surface area (Å²) in [6.45, 7) is 6.18. The number of halogens is 1. The summed E-state index contributed by atoms with van der Waals surface area (Å²) >= 11 is 6.50. The van der Waals surface area contributed by atoms with E-state index in [2.05, 4.69) is 24.5 Å². The predicted octanol–water partition coefficient (Wildman–Crippen LogP) is 7.83. The van der Waals surface area contributed by atoms with Crippen molar-refractivity contribution >= 4 is 40.2 Å². The van der Waals surface area contributed by atoms with Crippen molar-refractivity contribution in [1.82, 2.24) is 0 Å². The zero-order chi connectivity index (χ0) is 22.0. The van der Waals surface area contributed by atoms with E-state index in [9.17, 15) is 4.79 Å². The zero-order valence-corrected chi connectivity index (χ0v) is 18.6. The van der Waals surface area contributed by atoms with Gasteiger partial charge < -0.3 is 9.73 Å². The normalized spacial score (nSPS) is 11.0. The van der Waals surface area contributed by atoms with Crippen LogP contribution in [-0.2, 0) is 12.8 Å². The molecule has 0 atom stereocenters. The van der Waals surface area contributed by atoms with Crippen molar-refractivity contribution in [3.63, 3.8) is 0 Å². The SMILES string of the molecule is CCc1cccc(CC)c1NC(=O)Nc1oc2ccc(C)cc2c1-c1ccccc1Cl. The quantitative estimate of drug-likeness (QED) is 0.337. The number of rotatable bonds is 5. The van der Waals surface area contributed by atoms with Gasteiger partial charge in [0.05, 0.1) is 5.56 Å². The Labute approximate surface area is 187 Å². The van der Waals surface area contributed by atoms with Gasteiger partial charge in [-0.05, 0) is 49.1 Å². The molecule has 4 aromatic rings. The van der Waals surface area contributed by atoms with Crippen molar-refractivity contribution < 1.29 is 9.21 Å². The smallest absolute Gasteiger partial charge is 0.326 e. The molecule has 2 N–H and O–H groups in total. The molecule has 0 aliphatic rings. The maximum Gasteiger partial charge on any atom is 0.326 e. The van der Waals surface area contributed by atoms with E-state index in [0.717, 1.165) is 51.7 Å². The molecule has 4 nitrogen and oxygen atoms in total. The average Bonchev–Trinajstić information content (AvgIpc) is 3.10. The molecular formula is C26H25ClN2O2. The van der Waals surface area contributed by atoms with E-state index in [1.54, 1.807) is 0 Å². The van der Waals surface area contributed by atoms with Crippen LogP contribution in [0, 0.1) is 6.92 Å². The van der Waals surface area contributed by atoms with Crippen LogP contribution in [0.5, 0.6) is 0 Å². The number of furan rings is 1. The molecule has 0 aliphatic carbocycles. The maximum absolute atomic E-state index is 13.0. The average molecular weight is 433 g/mol. The second-order valence-corrected chi connectivity index (χ2v) is 7.93. The Hall–Kier alpha value is -3.24. The molecule has 4 rings (SSSR count). The molecule has 0 saturated carbocycles. The number of anilines is 2. The van der Waals surface area contributed by atoms with Crippen molar-refractivity contribution in [2.75, 3.05) is 10.6 Å². The fourth-order valence-corrected chi connectivity index (χ4v) is 4.11. The molecule has 0 spiro atoms. The molecule has 2 amide bonds. The molecule has 0 radical (unpaired) electrons. The summed E-state index contributed by atoms with van der Waals surface area (Å²) in [7, 11) is 0. The molecule has 1 aromatic heterocycles. The van der Waals surface area contributed by atoms with Gasteiger partial charge in [0, 0.05) is 21.7 Å². The van der Waals surface area contributed by atoms with Crippen LogP contribution >= 0.6 is 11.6 Å². The van der Waals surface area contributed by atoms with Crippen LogP contribution in [0.2, 0.25) is 5.02 Å². The fraction of sp³-hybridized carbons (Fsp3) is 0.192. The van der Waals surface area contributed by atoms with Gasteiger partial charge in [-0.2, -0.15) is 0 Å². The van der Waals surface area contributed by atoms with E-state index in [-0.39, 0.29) is 6.03 Å². The van der Waals surface area contributed by atoms with Crippen molar-refractivity contribution in [3.05, 3.63) is 82.4 Å². The zero-order valence-electron chi connectivity index (χ0n) is 17.9. The lowest BCUT2D eigenvalue weighted by atomic mass is 10.0. The minimum Gasteiger partial charge on any atom is -0.440 e. The molecule has 0 saturated heterocycles. The molecule has 0 unspecified atom stereocenters. The standard InChI is InChI=1S/C26H25ClN2O2/c1-4-17-9-8-10-18(5-2)24(17)28-26(30)29-25-23(19-11-6-7-12-21(19)27)20-15-16(3)13-14-22(20)31-25/h6-15H,4-5H2,1-3H3,(H2,28,29,30). The summed E-state index contributed by atoms with van der Waals surface area (Å²) in [5, 5.41) is 7.46. The number of carbonyl (C=O) groups is 1. The number of fused-ring (bicyclic) bond motifs is 1. The number of para-hydroxylation sites is 1. The van der Waals surface area contributed by atoms with Crippen molar-refractivity contribution in [3.8, 4) is 11.1 Å². The van der Waals surface area contributed by atoms with E-state index in [1.165, 1.54) is 0 Å². The minimum atomic E-state index is -0.348. The van der Waals surface area contributed by atoms with Gasteiger partial charge in [0.25, 0.3) is 0 Å². The summed E-state index contributed by atoms with van der Waals surface area (Å²) in [5.41, 5.74) is 6.44. The fourth-order valence-electron chi connectivity index (χ4n) is 3.88. The monoisotopic (exact) mass is 432 g/mol. The van der Waals surface area contributed by atoms with Crippen LogP contribution in [0.25, 0.3) is 22.1 Å². The third-order valence-corrected chi connectivity index (χ3v) is 5.78. The highest BCUT2D eigenvalue weighted by Crippen LogP contribution is 2.41. The van der Waals surface area contributed by atoms with E-state index < -0.39 is 0 Å². The van der Waals surface area contributed by atoms with Crippen LogP contribution < -0.4 is 10.6 Å². The number of nitrogens with one attached hydrogen (secondary N) is 2. The summed E-state index contributed by atoms with van der Waals surface area (Å²) in [6, 6.07) is 19.3. The Morgan fingerprint density at radius 2 is 1.65 bits per heavy atom. The van der Waals surface area contributed by atoms with Gasteiger partial charge in [0.1, 0.15) is 5.58 Å². The summed E-state index contributed by atoms with van der Waals surface area (Å²) in [5.74, 6) is 0.373.